The molecule has 36 heavy (non-hydrogen) atoms. The molecule has 3 aromatic rings. The van der Waals surface area contributed by atoms with E-state index < -0.39 is 12.1 Å². The van der Waals surface area contributed by atoms with Gasteiger partial charge in [-0.2, -0.15) is 0 Å². The van der Waals surface area contributed by atoms with Gasteiger partial charge >= 0.3 is 6.36 Å². The summed E-state index contributed by atoms with van der Waals surface area (Å²) in [7, 11) is 0. The minimum Gasteiger partial charge on any atom is -0.406 e. The van der Waals surface area contributed by atoms with Crippen molar-refractivity contribution >= 4 is 28.6 Å². The Hall–Kier alpha value is -3.54. The molecule has 0 unspecified atom stereocenters. The van der Waals surface area contributed by atoms with Crippen LogP contribution in [0.15, 0.2) is 30.6 Å². The minimum absolute atomic E-state index is 0.0552. The Morgan fingerprint density at radius 3 is 2.64 bits per heavy atom. The van der Waals surface area contributed by atoms with Crippen LogP contribution in [-0.4, -0.2) is 64.5 Å². The number of fused-ring (bicyclic) bond motifs is 1. The summed E-state index contributed by atoms with van der Waals surface area (Å²) in [6.45, 7) is 2.45. The van der Waals surface area contributed by atoms with Crippen LogP contribution in [0, 0.1) is 0 Å². The molecule has 2 aliphatic heterocycles. The van der Waals surface area contributed by atoms with Crippen molar-refractivity contribution in [2.24, 2.45) is 0 Å². The minimum atomic E-state index is -4.83. The maximum atomic E-state index is 13.0. The highest BCUT2D eigenvalue weighted by Gasteiger charge is 2.32. The Labute approximate surface area is 205 Å². The highest BCUT2D eigenvalue weighted by Crippen LogP contribution is 2.34. The topological polar surface area (TPSA) is 118 Å². The van der Waals surface area contributed by atoms with Gasteiger partial charge in [0.2, 0.25) is 0 Å². The molecule has 2 saturated heterocycles. The van der Waals surface area contributed by atoms with E-state index in [1.54, 1.807) is 11.1 Å². The first-order valence-corrected chi connectivity index (χ1v) is 11.9. The molecule has 0 bridgehead atoms. The van der Waals surface area contributed by atoms with E-state index in [9.17, 15) is 18.0 Å². The van der Waals surface area contributed by atoms with Gasteiger partial charge in [0, 0.05) is 55.9 Å². The van der Waals surface area contributed by atoms with Crippen molar-refractivity contribution in [3.05, 3.63) is 41.7 Å². The van der Waals surface area contributed by atoms with Crippen LogP contribution in [0.4, 0.5) is 24.7 Å². The van der Waals surface area contributed by atoms with E-state index in [2.05, 4.69) is 20.0 Å². The van der Waals surface area contributed by atoms with Gasteiger partial charge in [0.15, 0.2) is 5.65 Å². The van der Waals surface area contributed by atoms with Gasteiger partial charge in [-0.3, -0.25) is 4.79 Å². The van der Waals surface area contributed by atoms with Crippen LogP contribution >= 0.6 is 0 Å². The van der Waals surface area contributed by atoms with E-state index >= 15 is 0 Å². The molecule has 2 fully saturated rings. The lowest BCUT2D eigenvalue weighted by molar-refractivity contribution is -0.274. The van der Waals surface area contributed by atoms with Gasteiger partial charge in [-0.1, -0.05) is 0 Å². The molecule has 0 saturated carbocycles. The van der Waals surface area contributed by atoms with Crippen molar-refractivity contribution in [2.75, 3.05) is 37.4 Å². The van der Waals surface area contributed by atoms with Gasteiger partial charge in [-0.05, 0) is 43.7 Å². The fourth-order valence-electron chi connectivity index (χ4n) is 4.84. The van der Waals surface area contributed by atoms with Gasteiger partial charge in [0.1, 0.15) is 17.1 Å². The number of carbonyl (C=O) groups is 1. The Bertz CT molecular complexity index is 1230. The normalized spacial score (nSPS) is 17.9. The maximum Gasteiger partial charge on any atom is 0.573 e. The Kier molecular flexibility index (Phi) is 6.61. The zero-order chi connectivity index (χ0) is 25.3. The lowest BCUT2D eigenvalue weighted by Crippen LogP contribution is -2.38. The number of ether oxygens (including phenoxy) is 2. The molecule has 5 rings (SSSR count). The number of aromatic nitrogens is 3. The summed E-state index contributed by atoms with van der Waals surface area (Å²) in [6, 6.07) is 3.70. The van der Waals surface area contributed by atoms with Crippen molar-refractivity contribution in [3.63, 3.8) is 0 Å². The molecule has 9 nitrogen and oxygen atoms in total. The third-order valence-corrected chi connectivity index (χ3v) is 6.69. The number of H-pyrrole nitrogens is 1. The van der Waals surface area contributed by atoms with E-state index in [1.807, 2.05) is 6.20 Å². The van der Waals surface area contributed by atoms with Gasteiger partial charge in [-0.25, -0.2) is 9.97 Å². The first-order valence-electron chi connectivity index (χ1n) is 11.9. The highest BCUT2D eigenvalue weighted by molar-refractivity contribution is 5.99. The third-order valence-electron chi connectivity index (χ3n) is 6.69. The second-order valence-corrected chi connectivity index (χ2v) is 9.09. The van der Waals surface area contributed by atoms with Crippen molar-refractivity contribution in [3.8, 4) is 5.75 Å². The summed E-state index contributed by atoms with van der Waals surface area (Å²) in [4.78, 5) is 27.2. The maximum absolute atomic E-state index is 13.0. The van der Waals surface area contributed by atoms with Crippen LogP contribution in [0.5, 0.6) is 5.75 Å². The van der Waals surface area contributed by atoms with Gasteiger partial charge in [0.05, 0.1) is 11.8 Å². The number of nitrogens with zero attached hydrogens (tertiary/aromatic N) is 3. The number of aromatic amines is 1. The molecule has 0 atom stereocenters. The number of likely N-dealkylation sites (tertiary alicyclic amines) is 1. The van der Waals surface area contributed by atoms with Crippen LogP contribution in [0.3, 0.4) is 0 Å². The molecule has 4 heterocycles. The summed E-state index contributed by atoms with van der Waals surface area (Å²) < 4.78 is 46.6. The summed E-state index contributed by atoms with van der Waals surface area (Å²) in [6.07, 6.45) is 2.12. The first kappa shape index (κ1) is 24.2. The molecular weight excluding hydrogens is 477 g/mol. The van der Waals surface area contributed by atoms with E-state index in [1.165, 1.54) is 6.07 Å². The Morgan fingerprint density at radius 2 is 1.94 bits per heavy atom. The number of halogens is 3. The van der Waals surface area contributed by atoms with E-state index in [-0.39, 0.29) is 23.1 Å². The molecule has 0 aliphatic carbocycles. The monoisotopic (exact) mass is 504 g/mol. The van der Waals surface area contributed by atoms with Crippen molar-refractivity contribution in [2.45, 2.75) is 44.0 Å². The second kappa shape index (κ2) is 9.84. The standard InChI is InChI=1S/C24H27F3N6O3/c25-24(26,27)36-16-1-2-17(19(28)11-16)23(34)33-7-3-14(4-8-33)18-12-29-22-21(18)32-20(13-30-22)31-15-5-9-35-10-6-15/h1-2,11-15H,3-10,28H2,(H,29,30)(H,31,32). The summed E-state index contributed by atoms with van der Waals surface area (Å²) in [5.74, 6) is 0.152. The lowest BCUT2D eigenvalue weighted by atomic mass is 9.90. The van der Waals surface area contributed by atoms with Crippen LogP contribution in [0.1, 0.15) is 47.5 Å². The zero-order valence-electron chi connectivity index (χ0n) is 19.5. The number of piperidine rings is 1. The van der Waals surface area contributed by atoms with Gasteiger partial charge < -0.3 is 30.4 Å². The molecule has 192 valence electrons. The number of amides is 1. The number of hydrogen-bond donors (Lipinski definition) is 3. The molecule has 4 N–H and O–H groups in total. The molecule has 0 radical (unpaired) electrons. The quantitative estimate of drug-likeness (QED) is 0.449. The van der Waals surface area contributed by atoms with Gasteiger partial charge in [-0.15, -0.1) is 13.2 Å². The lowest BCUT2D eigenvalue weighted by Gasteiger charge is -2.32. The van der Waals surface area contributed by atoms with Crippen LogP contribution in [0.2, 0.25) is 0 Å². The number of anilines is 2. The molecule has 1 amide bonds. The van der Waals surface area contributed by atoms with Crippen molar-refractivity contribution in [1.82, 2.24) is 19.9 Å². The Balaban J connectivity index is 1.24. The molecule has 12 heteroatoms. The number of rotatable bonds is 5. The average molecular weight is 505 g/mol. The highest BCUT2D eigenvalue weighted by atomic mass is 19.4. The molecule has 1 aromatic carbocycles. The number of alkyl halides is 3. The number of benzene rings is 1. The molecule has 2 aliphatic rings. The fraction of sp³-hybridized carbons (Fsp3) is 0.458. The summed E-state index contributed by atoms with van der Waals surface area (Å²) >= 11 is 0. The van der Waals surface area contributed by atoms with E-state index in [4.69, 9.17) is 15.5 Å². The molecule has 0 spiro atoms. The smallest absolute Gasteiger partial charge is 0.406 e. The van der Waals surface area contributed by atoms with Crippen LogP contribution < -0.4 is 15.8 Å². The number of nitrogens with two attached hydrogens (primary N) is 1. The van der Waals surface area contributed by atoms with E-state index in [0.29, 0.717) is 32.0 Å². The van der Waals surface area contributed by atoms with Crippen molar-refractivity contribution in [1.29, 1.82) is 0 Å². The van der Waals surface area contributed by atoms with Crippen LogP contribution in [0.25, 0.3) is 11.2 Å². The number of nitrogens with one attached hydrogen (secondary N) is 2. The average Bonchev–Trinajstić information content (AvgIpc) is 3.27. The fourth-order valence-corrected chi connectivity index (χ4v) is 4.84. The third kappa shape index (κ3) is 5.32. The molecule has 2 aromatic heterocycles. The predicted molar refractivity (Wildman–Crippen MR) is 127 cm³/mol. The molecular formula is C24H27F3N6O3. The first-order chi connectivity index (χ1) is 17.3. The number of carbonyl (C=O) groups excluding carboxylic acids is 1. The summed E-state index contributed by atoms with van der Waals surface area (Å²) in [5.41, 5.74) is 8.57. The van der Waals surface area contributed by atoms with Gasteiger partial charge in [0.25, 0.3) is 5.91 Å². The van der Waals surface area contributed by atoms with E-state index in [0.717, 1.165) is 60.7 Å². The van der Waals surface area contributed by atoms with Crippen molar-refractivity contribution < 1.29 is 27.4 Å². The predicted octanol–water partition coefficient (Wildman–Crippen LogP) is 4.05. The summed E-state index contributed by atoms with van der Waals surface area (Å²) in [5, 5.41) is 3.45. The Morgan fingerprint density at radius 1 is 1.19 bits per heavy atom. The SMILES string of the molecule is Nc1cc(OC(F)(F)F)ccc1C(=O)N1CCC(c2c[nH]c3ncc(NC4CCOCC4)nc23)CC1. The number of nitrogen functional groups attached to an aromatic ring is 1. The van der Waals surface area contributed by atoms with Crippen LogP contribution in [-0.2, 0) is 4.74 Å². The second-order valence-electron chi connectivity index (χ2n) is 9.09. The zero-order valence-corrected chi connectivity index (χ0v) is 19.5. The largest absolute Gasteiger partial charge is 0.573 e. The number of hydrogen-bond acceptors (Lipinski definition) is 7.